The molecule has 0 spiro atoms. The lowest BCUT2D eigenvalue weighted by molar-refractivity contribution is -0.137. The summed E-state index contributed by atoms with van der Waals surface area (Å²) in [6.07, 6.45) is 3.57. The highest BCUT2D eigenvalue weighted by atomic mass is 35.5. The van der Waals surface area contributed by atoms with E-state index in [0.29, 0.717) is 26.1 Å². The highest BCUT2D eigenvalue weighted by Gasteiger charge is 2.48. The van der Waals surface area contributed by atoms with Gasteiger partial charge in [0.15, 0.2) is 0 Å². The van der Waals surface area contributed by atoms with E-state index >= 15 is 0 Å². The highest BCUT2D eigenvalue weighted by molar-refractivity contribution is 5.85. The van der Waals surface area contributed by atoms with Crippen LogP contribution in [0.5, 0.6) is 0 Å². The molecule has 1 aliphatic heterocycles. The van der Waals surface area contributed by atoms with E-state index in [4.69, 9.17) is 5.73 Å². The van der Waals surface area contributed by atoms with Crippen molar-refractivity contribution in [1.29, 1.82) is 0 Å². The first-order valence-corrected chi connectivity index (χ1v) is 9.23. The third-order valence-corrected chi connectivity index (χ3v) is 5.28. The maximum Gasteiger partial charge on any atom is 0.226 e. The zero-order valence-electron chi connectivity index (χ0n) is 15.1. The van der Waals surface area contributed by atoms with Gasteiger partial charge >= 0.3 is 0 Å². The molecule has 3 atom stereocenters. The zero-order chi connectivity index (χ0) is 18.7. The lowest BCUT2D eigenvalue weighted by Crippen LogP contribution is -2.50. The second kappa shape index (κ2) is 9.46. The molecule has 5 nitrogen and oxygen atoms in total. The molecule has 2 amide bonds. The number of amides is 2. The van der Waals surface area contributed by atoms with E-state index in [2.05, 4.69) is 5.32 Å². The summed E-state index contributed by atoms with van der Waals surface area (Å²) in [6.45, 7) is 1.35. The number of nitrogens with one attached hydrogen (secondary N) is 1. The SMILES string of the molecule is Cl.NCCC(=O)NCC1CCCCN1C(=O)C1CC1c1cc(F)ccc1F. The fraction of sp³-hybridized carbons (Fsp3) is 0.579. The van der Waals surface area contributed by atoms with Crippen molar-refractivity contribution in [3.8, 4) is 0 Å². The maximum absolute atomic E-state index is 13.9. The lowest BCUT2D eigenvalue weighted by Gasteiger charge is -2.36. The van der Waals surface area contributed by atoms with Crippen molar-refractivity contribution in [2.75, 3.05) is 19.6 Å². The molecule has 1 aromatic rings. The Morgan fingerprint density at radius 2 is 2.04 bits per heavy atom. The standard InChI is InChI=1S/C19H25F2N3O2.ClH/c20-12-4-5-17(21)15(9-12)14-10-16(14)19(26)24-8-2-1-3-13(24)11-23-18(25)6-7-22;/h4-5,9,13-14,16H,1-3,6-8,10-11,22H2,(H,23,25);1H. The molecule has 1 aromatic carbocycles. The van der Waals surface area contributed by atoms with Crippen molar-refractivity contribution in [3.63, 3.8) is 0 Å². The summed E-state index contributed by atoms with van der Waals surface area (Å²) in [4.78, 5) is 26.4. The Kier molecular flexibility index (Phi) is 7.56. The summed E-state index contributed by atoms with van der Waals surface area (Å²) < 4.78 is 27.4. The van der Waals surface area contributed by atoms with Crippen LogP contribution in [0.25, 0.3) is 0 Å². The molecular weight excluding hydrogens is 376 g/mol. The molecule has 27 heavy (non-hydrogen) atoms. The molecule has 0 aromatic heterocycles. The zero-order valence-corrected chi connectivity index (χ0v) is 15.9. The van der Waals surface area contributed by atoms with Gasteiger partial charge in [0.1, 0.15) is 11.6 Å². The molecule has 3 rings (SSSR count). The summed E-state index contributed by atoms with van der Waals surface area (Å²) in [7, 11) is 0. The summed E-state index contributed by atoms with van der Waals surface area (Å²) in [5.41, 5.74) is 5.66. The minimum absolute atomic E-state index is 0. The summed E-state index contributed by atoms with van der Waals surface area (Å²) >= 11 is 0. The number of nitrogens with two attached hydrogens (primary N) is 1. The van der Waals surface area contributed by atoms with Crippen molar-refractivity contribution in [2.45, 2.75) is 44.1 Å². The molecule has 2 aliphatic rings. The first kappa shape index (κ1) is 21.6. The Balaban J connectivity index is 0.00000261. The second-order valence-corrected chi connectivity index (χ2v) is 7.14. The Morgan fingerprint density at radius 3 is 2.78 bits per heavy atom. The Morgan fingerprint density at radius 1 is 1.26 bits per heavy atom. The number of piperidine rings is 1. The number of carbonyl (C=O) groups is 2. The summed E-state index contributed by atoms with van der Waals surface area (Å²) in [6, 6.07) is 3.34. The van der Waals surface area contributed by atoms with Crippen LogP contribution < -0.4 is 11.1 Å². The highest BCUT2D eigenvalue weighted by Crippen LogP contribution is 2.49. The van der Waals surface area contributed by atoms with Crippen LogP contribution in [0.3, 0.4) is 0 Å². The van der Waals surface area contributed by atoms with Gasteiger partial charge < -0.3 is 16.0 Å². The van der Waals surface area contributed by atoms with Gasteiger partial charge in [-0.25, -0.2) is 8.78 Å². The number of benzene rings is 1. The first-order chi connectivity index (χ1) is 12.5. The topological polar surface area (TPSA) is 75.4 Å². The van der Waals surface area contributed by atoms with E-state index in [1.807, 2.05) is 4.90 Å². The van der Waals surface area contributed by atoms with Gasteiger partial charge in [0.2, 0.25) is 11.8 Å². The van der Waals surface area contributed by atoms with Gasteiger partial charge in [-0.1, -0.05) is 0 Å². The van der Waals surface area contributed by atoms with Gasteiger partial charge in [-0.15, -0.1) is 12.4 Å². The van der Waals surface area contributed by atoms with Crippen molar-refractivity contribution in [3.05, 3.63) is 35.4 Å². The van der Waals surface area contributed by atoms with E-state index in [9.17, 15) is 18.4 Å². The van der Waals surface area contributed by atoms with Gasteiger partial charge in [-0.05, 0) is 55.4 Å². The van der Waals surface area contributed by atoms with E-state index in [-0.39, 0.29) is 54.1 Å². The van der Waals surface area contributed by atoms with Crippen molar-refractivity contribution in [2.24, 2.45) is 11.7 Å². The molecule has 150 valence electrons. The number of hydrogen-bond acceptors (Lipinski definition) is 3. The summed E-state index contributed by atoms with van der Waals surface area (Å²) in [5.74, 6) is -1.64. The van der Waals surface area contributed by atoms with Crippen LogP contribution in [0, 0.1) is 17.6 Å². The van der Waals surface area contributed by atoms with Gasteiger partial charge in [-0.2, -0.15) is 0 Å². The molecule has 2 fully saturated rings. The third-order valence-electron chi connectivity index (χ3n) is 5.28. The van der Waals surface area contributed by atoms with Crippen molar-refractivity contribution in [1.82, 2.24) is 10.2 Å². The van der Waals surface area contributed by atoms with E-state index in [1.165, 1.54) is 6.07 Å². The molecule has 3 unspecified atom stereocenters. The third kappa shape index (κ3) is 5.17. The van der Waals surface area contributed by atoms with Crippen LogP contribution in [-0.4, -0.2) is 42.4 Å². The van der Waals surface area contributed by atoms with E-state index < -0.39 is 11.6 Å². The molecule has 0 radical (unpaired) electrons. The minimum atomic E-state index is -0.488. The minimum Gasteiger partial charge on any atom is -0.354 e. The van der Waals surface area contributed by atoms with Crippen molar-refractivity contribution < 1.29 is 18.4 Å². The average molecular weight is 402 g/mol. The number of rotatable bonds is 6. The van der Waals surface area contributed by atoms with Crippen LogP contribution in [0.4, 0.5) is 8.78 Å². The summed E-state index contributed by atoms with van der Waals surface area (Å²) in [5, 5.41) is 2.83. The molecule has 1 heterocycles. The van der Waals surface area contributed by atoms with Crippen LogP contribution in [-0.2, 0) is 9.59 Å². The second-order valence-electron chi connectivity index (χ2n) is 7.14. The average Bonchev–Trinajstić information content (AvgIpc) is 3.42. The molecule has 1 saturated carbocycles. The predicted molar refractivity (Wildman–Crippen MR) is 100 cm³/mol. The number of carbonyl (C=O) groups excluding carboxylic acids is 2. The Bertz CT molecular complexity index is 689. The van der Waals surface area contributed by atoms with Crippen LogP contribution in [0.2, 0.25) is 0 Å². The lowest BCUT2D eigenvalue weighted by atomic mass is 10.0. The van der Waals surface area contributed by atoms with Gasteiger partial charge in [0.25, 0.3) is 0 Å². The Hall–Kier alpha value is -1.73. The predicted octanol–water partition coefficient (Wildman–Crippen LogP) is 2.34. The molecule has 1 aliphatic carbocycles. The number of halogens is 3. The fourth-order valence-electron chi connectivity index (χ4n) is 3.78. The molecule has 8 heteroatoms. The maximum atomic E-state index is 13.9. The number of hydrogen-bond donors (Lipinski definition) is 2. The monoisotopic (exact) mass is 401 g/mol. The fourth-order valence-corrected chi connectivity index (χ4v) is 3.78. The number of likely N-dealkylation sites (tertiary alicyclic amines) is 1. The van der Waals surface area contributed by atoms with Gasteiger partial charge in [-0.3, -0.25) is 9.59 Å². The van der Waals surface area contributed by atoms with Crippen LogP contribution >= 0.6 is 12.4 Å². The van der Waals surface area contributed by atoms with Gasteiger partial charge in [0, 0.05) is 38.0 Å². The quantitative estimate of drug-likeness (QED) is 0.768. The first-order valence-electron chi connectivity index (χ1n) is 9.23. The molecular formula is C19H26ClF2N3O2. The molecule has 0 bridgehead atoms. The van der Waals surface area contributed by atoms with Crippen LogP contribution in [0.1, 0.15) is 43.6 Å². The molecule has 3 N–H and O–H groups in total. The normalized spacial score (nSPS) is 24.1. The Labute approximate surface area is 164 Å². The van der Waals surface area contributed by atoms with E-state index in [0.717, 1.165) is 31.4 Å². The van der Waals surface area contributed by atoms with Crippen molar-refractivity contribution >= 4 is 24.2 Å². The molecule has 1 saturated heterocycles. The smallest absolute Gasteiger partial charge is 0.226 e. The van der Waals surface area contributed by atoms with Crippen LogP contribution in [0.15, 0.2) is 18.2 Å². The number of nitrogens with zero attached hydrogens (tertiary/aromatic N) is 1. The van der Waals surface area contributed by atoms with E-state index in [1.54, 1.807) is 0 Å². The largest absolute Gasteiger partial charge is 0.354 e. The van der Waals surface area contributed by atoms with Gasteiger partial charge in [0.05, 0.1) is 0 Å².